The van der Waals surface area contributed by atoms with Crippen LogP contribution >= 0.6 is 12.4 Å². The van der Waals surface area contributed by atoms with Gasteiger partial charge in [-0.1, -0.05) is 0 Å². The largest absolute Gasteiger partial charge is 0.353 e. The summed E-state index contributed by atoms with van der Waals surface area (Å²) in [6, 6.07) is 1.13. The number of rotatable bonds is 6. The second-order valence-electron chi connectivity index (χ2n) is 6.10. The van der Waals surface area contributed by atoms with Crippen molar-refractivity contribution in [3.63, 3.8) is 0 Å². The number of amides is 1. The molecular formula is C14H25ClN2O. The minimum atomic E-state index is 0. The molecule has 2 saturated carbocycles. The lowest BCUT2D eigenvalue weighted by Gasteiger charge is -2.18. The fourth-order valence-electron chi connectivity index (χ4n) is 3.10. The highest BCUT2D eigenvalue weighted by atomic mass is 35.5. The van der Waals surface area contributed by atoms with Gasteiger partial charge in [0.1, 0.15) is 0 Å². The molecule has 1 atom stereocenters. The van der Waals surface area contributed by atoms with Crippen LogP contribution in [0.25, 0.3) is 0 Å². The molecule has 18 heavy (non-hydrogen) atoms. The number of halogens is 1. The molecule has 2 N–H and O–H groups in total. The Morgan fingerprint density at radius 2 is 1.83 bits per heavy atom. The third-order valence-electron chi connectivity index (χ3n) is 4.47. The summed E-state index contributed by atoms with van der Waals surface area (Å²) in [5.74, 6) is 1.93. The van der Waals surface area contributed by atoms with E-state index in [1.165, 1.54) is 38.5 Å². The quantitative estimate of drug-likeness (QED) is 0.779. The maximum absolute atomic E-state index is 11.9. The molecule has 0 aromatic heterocycles. The fourth-order valence-corrected chi connectivity index (χ4v) is 3.10. The first-order chi connectivity index (χ1) is 8.33. The lowest BCUT2D eigenvalue weighted by atomic mass is 10.1. The molecule has 3 aliphatic rings. The van der Waals surface area contributed by atoms with Crippen LogP contribution in [0.2, 0.25) is 0 Å². The molecule has 1 amide bonds. The Labute approximate surface area is 116 Å². The van der Waals surface area contributed by atoms with Crippen molar-refractivity contribution in [1.29, 1.82) is 0 Å². The maximum Gasteiger partial charge on any atom is 0.220 e. The smallest absolute Gasteiger partial charge is 0.220 e. The molecule has 0 aromatic rings. The van der Waals surface area contributed by atoms with Crippen LogP contribution in [0, 0.1) is 11.8 Å². The molecular weight excluding hydrogens is 248 g/mol. The molecule has 0 aromatic carbocycles. The van der Waals surface area contributed by atoms with Crippen LogP contribution in [0.15, 0.2) is 0 Å². The molecule has 2 aliphatic carbocycles. The highest BCUT2D eigenvalue weighted by Crippen LogP contribution is 2.44. The van der Waals surface area contributed by atoms with Gasteiger partial charge < -0.3 is 10.6 Å². The average molecular weight is 273 g/mol. The predicted octanol–water partition coefficient (Wildman–Crippen LogP) is 2.25. The van der Waals surface area contributed by atoms with Crippen molar-refractivity contribution < 1.29 is 4.79 Å². The molecule has 1 saturated heterocycles. The summed E-state index contributed by atoms with van der Waals surface area (Å²) in [5.41, 5.74) is 0. The molecule has 1 unspecified atom stereocenters. The Bertz CT molecular complexity index is 272. The molecule has 0 radical (unpaired) electrons. The van der Waals surface area contributed by atoms with E-state index in [1.807, 2.05) is 0 Å². The number of carbonyl (C=O) groups excluding carboxylic acids is 1. The van der Waals surface area contributed by atoms with Gasteiger partial charge in [-0.2, -0.15) is 0 Å². The van der Waals surface area contributed by atoms with E-state index >= 15 is 0 Å². The van der Waals surface area contributed by atoms with Crippen LogP contribution in [0.3, 0.4) is 0 Å². The maximum atomic E-state index is 11.9. The zero-order chi connectivity index (χ0) is 11.7. The summed E-state index contributed by atoms with van der Waals surface area (Å²) in [6.45, 7) is 1.14. The van der Waals surface area contributed by atoms with Crippen molar-refractivity contribution >= 4 is 18.3 Å². The van der Waals surface area contributed by atoms with Crippen LogP contribution in [0.5, 0.6) is 0 Å². The number of carbonyl (C=O) groups is 1. The Morgan fingerprint density at radius 3 is 2.33 bits per heavy atom. The Hall–Kier alpha value is -0.280. The van der Waals surface area contributed by atoms with Gasteiger partial charge >= 0.3 is 0 Å². The van der Waals surface area contributed by atoms with Gasteiger partial charge in [0.15, 0.2) is 0 Å². The van der Waals surface area contributed by atoms with Crippen molar-refractivity contribution in [1.82, 2.24) is 10.6 Å². The van der Waals surface area contributed by atoms with Gasteiger partial charge in [0.05, 0.1) is 0 Å². The molecule has 0 bridgehead atoms. The van der Waals surface area contributed by atoms with Gasteiger partial charge in [-0.15, -0.1) is 12.4 Å². The molecule has 3 fully saturated rings. The summed E-state index contributed by atoms with van der Waals surface area (Å²) < 4.78 is 0. The lowest BCUT2D eigenvalue weighted by molar-refractivity contribution is -0.122. The minimum Gasteiger partial charge on any atom is -0.353 e. The monoisotopic (exact) mass is 272 g/mol. The van der Waals surface area contributed by atoms with Crippen LogP contribution < -0.4 is 10.6 Å². The SMILES string of the molecule is Cl.O=C(CCC1CCCN1)NC(C1CC1)C1CC1. The summed E-state index contributed by atoms with van der Waals surface area (Å²) in [4.78, 5) is 11.9. The van der Waals surface area contributed by atoms with E-state index in [0.29, 0.717) is 24.4 Å². The van der Waals surface area contributed by atoms with Crippen LogP contribution in [-0.2, 0) is 4.79 Å². The van der Waals surface area contributed by atoms with Crippen LogP contribution in [0.1, 0.15) is 51.4 Å². The van der Waals surface area contributed by atoms with E-state index in [2.05, 4.69) is 10.6 Å². The summed E-state index contributed by atoms with van der Waals surface area (Å²) in [6.07, 6.45) is 9.62. The van der Waals surface area contributed by atoms with E-state index in [1.54, 1.807) is 0 Å². The van der Waals surface area contributed by atoms with Gasteiger partial charge in [0, 0.05) is 18.5 Å². The summed E-state index contributed by atoms with van der Waals surface area (Å²) >= 11 is 0. The number of hydrogen-bond acceptors (Lipinski definition) is 2. The molecule has 0 spiro atoms. The average Bonchev–Trinajstić information content (AvgIpc) is 3.24. The van der Waals surface area contributed by atoms with E-state index in [9.17, 15) is 4.79 Å². The van der Waals surface area contributed by atoms with Crippen molar-refractivity contribution in [2.24, 2.45) is 11.8 Å². The lowest BCUT2D eigenvalue weighted by Crippen LogP contribution is -2.38. The van der Waals surface area contributed by atoms with Crippen LogP contribution in [0.4, 0.5) is 0 Å². The second-order valence-corrected chi connectivity index (χ2v) is 6.10. The van der Waals surface area contributed by atoms with Gasteiger partial charge in [0.25, 0.3) is 0 Å². The van der Waals surface area contributed by atoms with E-state index in [-0.39, 0.29) is 12.4 Å². The summed E-state index contributed by atoms with van der Waals surface area (Å²) in [5, 5.41) is 6.75. The molecule has 104 valence electrons. The van der Waals surface area contributed by atoms with E-state index in [4.69, 9.17) is 0 Å². The minimum absolute atomic E-state index is 0. The first kappa shape index (κ1) is 14.1. The Morgan fingerprint density at radius 1 is 1.17 bits per heavy atom. The molecule has 4 heteroatoms. The van der Waals surface area contributed by atoms with Crippen molar-refractivity contribution in [3.8, 4) is 0 Å². The molecule has 1 heterocycles. The highest BCUT2D eigenvalue weighted by Gasteiger charge is 2.42. The van der Waals surface area contributed by atoms with Crippen molar-refractivity contribution in [2.75, 3.05) is 6.54 Å². The normalized spacial score (nSPS) is 27.1. The zero-order valence-electron chi connectivity index (χ0n) is 11.0. The van der Waals surface area contributed by atoms with Gasteiger partial charge in [-0.05, 0) is 63.3 Å². The van der Waals surface area contributed by atoms with E-state index < -0.39 is 0 Å². The Balaban J connectivity index is 0.00000120. The molecule has 3 rings (SSSR count). The van der Waals surface area contributed by atoms with Crippen LogP contribution in [-0.4, -0.2) is 24.5 Å². The molecule has 1 aliphatic heterocycles. The zero-order valence-corrected chi connectivity index (χ0v) is 11.8. The highest BCUT2D eigenvalue weighted by molar-refractivity contribution is 5.85. The topological polar surface area (TPSA) is 41.1 Å². The van der Waals surface area contributed by atoms with Gasteiger partial charge in [-0.25, -0.2) is 0 Å². The standard InChI is InChI=1S/C14H24N2O.ClH/c17-13(8-7-12-2-1-9-15-12)16-14(10-3-4-10)11-5-6-11;/h10-12,14-15H,1-9H2,(H,16,17);1H. The predicted molar refractivity (Wildman–Crippen MR) is 74.9 cm³/mol. The number of hydrogen-bond donors (Lipinski definition) is 2. The first-order valence-electron chi connectivity index (χ1n) is 7.35. The van der Waals surface area contributed by atoms with Gasteiger partial charge in [-0.3, -0.25) is 4.79 Å². The molecule has 3 nitrogen and oxygen atoms in total. The van der Waals surface area contributed by atoms with Gasteiger partial charge in [0.2, 0.25) is 5.91 Å². The van der Waals surface area contributed by atoms with E-state index in [0.717, 1.165) is 24.8 Å². The third-order valence-corrected chi connectivity index (χ3v) is 4.47. The second kappa shape index (κ2) is 6.25. The third kappa shape index (κ3) is 3.86. The van der Waals surface area contributed by atoms with Crippen molar-refractivity contribution in [3.05, 3.63) is 0 Å². The Kier molecular flexibility index (Phi) is 4.91. The van der Waals surface area contributed by atoms with Crippen molar-refractivity contribution in [2.45, 2.75) is 63.5 Å². The number of nitrogens with one attached hydrogen (secondary N) is 2. The first-order valence-corrected chi connectivity index (χ1v) is 7.35. The summed E-state index contributed by atoms with van der Waals surface area (Å²) in [7, 11) is 0. The fraction of sp³-hybridized carbons (Fsp3) is 0.929.